The summed E-state index contributed by atoms with van der Waals surface area (Å²) in [5.41, 5.74) is 6.00. The first-order chi connectivity index (χ1) is 9.90. The molecule has 0 spiro atoms. The van der Waals surface area contributed by atoms with Crippen LogP contribution in [0.4, 0.5) is 0 Å². The molecule has 1 saturated heterocycles. The van der Waals surface area contributed by atoms with Gasteiger partial charge in [-0.2, -0.15) is 0 Å². The summed E-state index contributed by atoms with van der Waals surface area (Å²) in [5.74, 6) is 0.0102. The number of likely N-dealkylation sites (tertiary alicyclic amines) is 1. The number of nitrogens with one attached hydrogen (secondary N) is 1. The molecule has 21 heavy (non-hydrogen) atoms. The van der Waals surface area contributed by atoms with Crippen LogP contribution in [0.3, 0.4) is 0 Å². The molecule has 1 aliphatic rings. The molecule has 2 amide bonds. The van der Waals surface area contributed by atoms with Crippen LogP contribution in [0.5, 0.6) is 0 Å². The number of furan rings is 1. The molecule has 0 aliphatic carbocycles. The van der Waals surface area contributed by atoms with E-state index in [-0.39, 0.29) is 35.5 Å². The molecule has 1 aliphatic heterocycles. The van der Waals surface area contributed by atoms with E-state index in [0.29, 0.717) is 19.6 Å². The zero-order valence-corrected chi connectivity index (χ0v) is 12.6. The van der Waals surface area contributed by atoms with Crippen molar-refractivity contribution >= 4 is 11.8 Å². The van der Waals surface area contributed by atoms with E-state index < -0.39 is 0 Å². The Bertz CT molecular complexity index is 496. The van der Waals surface area contributed by atoms with Gasteiger partial charge in [-0.05, 0) is 24.0 Å². The zero-order chi connectivity index (χ0) is 15.5. The Morgan fingerprint density at radius 3 is 2.90 bits per heavy atom. The summed E-state index contributed by atoms with van der Waals surface area (Å²) in [6.45, 7) is 5.82. The van der Waals surface area contributed by atoms with E-state index in [4.69, 9.17) is 10.2 Å². The summed E-state index contributed by atoms with van der Waals surface area (Å²) < 4.78 is 4.99. The SMILES string of the molecule is CC1(C)CN(C(=O)CCNC(=O)c2ccco2)CCC1N. The number of rotatable bonds is 4. The highest BCUT2D eigenvalue weighted by molar-refractivity contribution is 5.91. The van der Waals surface area contributed by atoms with Crippen molar-refractivity contribution in [2.24, 2.45) is 11.1 Å². The first kappa shape index (κ1) is 15.6. The summed E-state index contributed by atoms with van der Waals surface area (Å²) in [6, 6.07) is 3.37. The summed E-state index contributed by atoms with van der Waals surface area (Å²) in [4.78, 5) is 25.7. The standard InChI is InChI=1S/C15H23N3O3/c1-15(2)10-18(8-6-12(15)16)13(19)5-7-17-14(20)11-4-3-9-21-11/h3-4,9,12H,5-8,10,16H2,1-2H3,(H,17,20). The Labute approximate surface area is 124 Å². The van der Waals surface area contributed by atoms with Crippen molar-refractivity contribution in [3.05, 3.63) is 24.2 Å². The maximum absolute atomic E-state index is 12.2. The van der Waals surface area contributed by atoms with Gasteiger partial charge in [-0.25, -0.2) is 0 Å². The number of carbonyl (C=O) groups is 2. The minimum Gasteiger partial charge on any atom is -0.459 e. The average Bonchev–Trinajstić information content (AvgIpc) is 2.95. The summed E-state index contributed by atoms with van der Waals surface area (Å²) in [6.07, 6.45) is 2.55. The Balaban J connectivity index is 1.76. The largest absolute Gasteiger partial charge is 0.459 e. The second kappa shape index (κ2) is 6.30. The minimum atomic E-state index is -0.297. The first-order valence-electron chi connectivity index (χ1n) is 7.25. The maximum Gasteiger partial charge on any atom is 0.286 e. The minimum absolute atomic E-state index is 0.0507. The van der Waals surface area contributed by atoms with Crippen molar-refractivity contribution in [3.63, 3.8) is 0 Å². The van der Waals surface area contributed by atoms with Crippen molar-refractivity contribution < 1.29 is 14.0 Å². The fourth-order valence-corrected chi connectivity index (χ4v) is 2.52. The quantitative estimate of drug-likeness (QED) is 0.866. The molecule has 2 heterocycles. The van der Waals surface area contributed by atoms with E-state index in [9.17, 15) is 9.59 Å². The van der Waals surface area contributed by atoms with E-state index in [1.165, 1.54) is 6.26 Å². The number of carbonyl (C=O) groups excluding carboxylic acids is 2. The molecular weight excluding hydrogens is 270 g/mol. The van der Waals surface area contributed by atoms with Crippen molar-refractivity contribution in [1.29, 1.82) is 0 Å². The molecule has 6 heteroatoms. The van der Waals surface area contributed by atoms with Crippen molar-refractivity contribution in [2.45, 2.75) is 32.7 Å². The first-order valence-corrected chi connectivity index (χ1v) is 7.25. The molecule has 1 aromatic rings. The summed E-state index contributed by atoms with van der Waals surface area (Å²) in [7, 11) is 0. The number of amides is 2. The molecule has 3 N–H and O–H groups in total. The van der Waals surface area contributed by atoms with Crippen LogP contribution in [0, 0.1) is 5.41 Å². The fourth-order valence-electron chi connectivity index (χ4n) is 2.52. The second-order valence-electron chi connectivity index (χ2n) is 6.18. The van der Waals surface area contributed by atoms with Gasteiger partial charge in [0.1, 0.15) is 0 Å². The lowest BCUT2D eigenvalue weighted by Crippen LogP contribution is -2.54. The molecular formula is C15H23N3O3. The van der Waals surface area contributed by atoms with E-state index in [1.54, 1.807) is 12.1 Å². The highest BCUT2D eigenvalue weighted by atomic mass is 16.3. The Morgan fingerprint density at radius 1 is 1.52 bits per heavy atom. The van der Waals surface area contributed by atoms with Crippen LogP contribution in [-0.2, 0) is 4.79 Å². The summed E-state index contributed by atoms with van der Waals surface area (Å²) >= 11 is 0. The molecule has 2 rings (SSSR count). The third kappa shape index (κ3) is 3.85. The number of hydrogen-bond acceptors (Lipinski definition) is 4. The van der Waals surface area contributed by atoms with E-state index >= 15 is 0 Å². The predicted octanol–water partition coefficient (Wildman–Crippen LogP) is 0.985. The van der Waals surface area contributed by atoms with Gasteiger partial charge >= 0.3 is 0 Å². The molecule has 1 aromatic heterocycles. The van der Waals surface area contributed by atoms with Crippen LogP contribution in [-0.4, -0.2) is 42.4 Å². The number of nitrogens with two attached hydrogens (primary N) is 1. The van der Waals surface area contributed by atoms with Gasteiger partial charge in [-0.1, -0.05) is 13.8 Å². The lowest BCUT2D eigenvalue weighted by Gasteiger charge is -2.42. The van der Waals surface area contributed by atoms with Gasteiger partial charge < -0.3 is 20.4 Å². The van der Waals surface area contributed by atoms with Crippen LogP contribution < -0.4 is 11.1 Å². The normalized spacial score (nSPS) is 21.1. The maximum atomic E-state index is 12.2. The van der Waals surface area contributed by atoms with Gasteiger partial charge in [0.2, 0.25) is 5.91 Å². The lowest BCUT2D eigenvalue weighted by atomic mass is 9.79. The highest BCUT2D eigenvalue weighted by Crippen LogP contribution is 2.27. The van der Waals surface area contributed by atoms with E-state index in [1.807, 2.05) is 4.90 Å². The molecule has 116 valence electrons. The molecule has 1 unspecified atom stereocenters. The monoisotopic (exact) mass is 293 g/mol. The van der Waals surface area contributed by atoms with Gasteiger partial charge in [0, 0.05) is 32.1 Å². The second-order valence-corrected chi connectivity index (χ2v) is 6.18. The Morgan fingerprint density at radius 2 is 2.29 bits per heavy atom. The molecule has 0 bridgehead atoms. The van der Waals surface area contributed by atoms with Crippen LogP contribution >= 0.6 is 0 Å². The van der Waals surface area contributed by atoms with Crippen molar-refractivity contribution in [2.75, 3.05) is 19.6 Å². The molecule has 0 radical (unpaired) electrons. The van der Waals surface area contributed by atoms with Gasteiger partial charge in [0.15, 0.2) is 5.76 Å². The number of hydrogen-bond donors (Lipinski definition) is 2. The zero-order valence-electron chi connectivity index (χ0n) is 12.6. The topological polar surface area (TPSA) is 88.6 Å². The third-order valence-electron chi connectivity index (χ3n) is 4.03. The molecule has 1 atom stereocenters. The average molecular weight is 293 g/mol. The number of piperidine rings is 1. The van der Waals surface area contributed by atoms with Crippen LogP contribution in [0.25, 0.3) is 0 Å². The molecule has 0 saturated carbocycles. The molecule has 0 aromatic carbocycles. The van der Waals surface area contributed by atoms with Gasteiger partial charge in [-0.3, -0.25) is 9.59 Å². The van der Waals surface area contributed by atoms with Crippen LogP contribution in [0.15, 0.2) is 22.8 Å². The van der Waals surface area contributed by atoms with Gasteiger partial charge in [0.25, 0.3) is 5.91 Å². The van der Waals surface area contributed by atoms with Gasteiger partial charge in [0.05, 0.1) is 6.26 Å². The number of nitrogens with zero attached hydrogens (tertiary/aromatic N) is 1. The molecule has 6 nitrogen and oxygen atoms in total. The Kier molecular flexibility index (Phi) is 4.67. The van der Waals surface area contributed by atoms with E-state index in [0.717, 1.165) is 6.42 Å². The van der Waals surface area contributed by atoms with Crippen molar-refractivity contribution in [1.82, 2.24) is 10.2 Å². The van der Waals surface area contributed by atoms with Crippen molar-refractivity contribution in [3.8, 4) is 0 Å². The highest BCUT2D eigenvalue weighted by Gasteiger charge is 2.35. The van der Waals surface area contributed by atoms with Gasteiger partial charge in [-0.15, -0.1) is 0 Å². The fraction of sp³-hybridized carbons (Fsp3) is 0.600. The van der Waals surface area contributed by atoms with Crippen LogP contribution in [0.2, 0.25) is 0 Å². The third-order valence-corrected chi connectivity index (χ3v) is 4.03. The molecule has 1 fully saturated rings. The summed E-state index contributed by atoms with van der Waals surface area (Å²) in [5, 5.41) is 2.68. The van der Waals surface area contributed by atoms with Crippen LogP contribution in [0.1, 0.15) is 37.2 Å². The Hall–Kier alpha value is -1.82. The lowest BCUT2D eigenvalue weighted by molar-refractivity contribution is -0.134. The predicted molar refractivity (Wildman–Crippen MR) is 78.6 cm³/mol. The smallest absolute Gasteiger partial charge is 0.286 e. The van der Waals surface area contributed by atoms with E-state index in [2.05, 4.69) is 19.2 Å².